The van der Waals surface area contributed by atoms with E-state index in [4.69, 9.17) is 5.21 Å². The lowest BCUT2D eigenvalue weighted by Gasteiger charge is -2.40. The van der Waals surface area contributed by atoms with Crippen molar-refractivity contribution in [1.29, 1.82) is 0 Å². The van der Waals surface area contributed by atoms with E-state index in [2.05, 4.69) is 16.7 Å². The lowest BCUT2D eigenvalue weighted by molar-refractivity contribution is -0.143. The van der Waals surface area contributed by atoms with E-state index in [9.17, 15) is 9.59 Å². The van der Waals surface area contributed by atoms with Gasteiger partial charge in [-0.15, -0.1) is 0 Å². The van der Waals surface area contributed by atoms with Gasteiger partial charge in [0.25, 0.3) is 5.91 Å². The number of rotatable bonds is 5. The first kappa shape index (κ1) is 19.3. The number of amides is 2. The minimum absolute atomic E-state index is 0.183. The summed E-state index contributed by atoms with van der Waals surface area (Å²) in [7, 11) is 0. The van der Waals surface area contributed by atoms with Crippen LogP contribution in [0.2, 0.25) is 0 Å². The summed E-state index contributed by atoms with van der Waals surface area (Å²) in [5.74, 6) is -0.758. The van der Waals surface area contributed by atoms with Crippen LogP contribution in [0.15, 0.2) is 48.6 Å². The quantitative estimate of drug-likeness (QED) is 0.473. The van der Waals surface area contributed by atoms with Crippen LogP contribution in [0, 0.1) is 5.41 Å². The molecule has 1 aliphatic carbocycles. The second-order valence-electron chi connectivity index (χ2n) is 7.33. The first-order valence-corrected chi connectivity index (χ1v) is 9.48. The molecule has 0 radical (unpaired) electrons. The molecule has 0 saturated carbocycles. The summed E-state index contributed by atoms with van der Waals surface area (Å²) in [6.45, 7) is 3.07. The van der Waals surface area contributed by atoms with E-state index in [1.54, 1.807) is 5.48 Å². The highest BCUT2D eigenvalue weighted by Gasteiger charge is 2.45. The maximum absolute atomic E-state index is 13.2. The minimum Gasteiger partial charge on any atom is -0.340 e. The molecule has 1 aromatic carbocycles. The molecule has 3 rings (SSSR count). The number of carbonyl (C=O) groups is 2. The standard InChI is InChI=1S/C21H27N3O3/c1-2-20(12-9-17(10-13-20)16-7-4-3-5-8-16)18(25)23-21(19(26)24-27)11-6-14-22-15-21/h3-5,7-10,12,22,27H,2,6,11,13-15H2,1H3,(H,23,25)(H,24,26)/t20?,21-/m1/s1. The van der Waals surface area contributed by atoms with Crippen molar-refractivity contribution in [1.82, 2.24) is 16.1 Å². The molecule has 4 N–H and O–H groups in total. The molecule has 27 heavy (non-hydrogen) atoms. The minimum atomic E-state index is -1.12. The normalized spacial score (nSPS) is 27.6. The van der Waals surface area contributed by atoms with E-state index in [1.807, 2.05) is 49.4 Å². The summed E-state index contributed by atoms with van der Waals surface area (Å²) in [4.78, 5) is 25.5. The van der Waals surface area contributed by atoms with E-state index in [1.165, 1.54) is 0 Å². The maximum Gasteiger partial charge on any atom is 0.270 e. The lowest BCUT2D eigenvalue weighted by Crippen LogP contribution is -2.67. The Morgan fingerprint density at radius 2 is 2.00 bits per heavy atom. The molecule has 0 aromatic heterocycles. The molecule has 6 heteroatoms. The molecule has 1 aromatic rings. The van der Waals surface area contributed by atoms with E-state index in [-0.39, 0.29) is 5.91 Å². The number of carbonyl (C=O) groups excluding carboxylic acids is 2. The zero-order chi connectivity index (χ0) is 19.3. The lowest BCUT2D eigenvalue weighted by atomic mass is 9.75. The topological polar surface area (TPSA) is 90.5 Å². The largest absolute Gasteiger partial charge is 0.340 e. The Hall–Kier alpha value is -2.44. The Morgan fingerprint density at radius 1 is 1.22 bits per heavy atom. The molecule has 1 aliphatic heterocycles. The van der Waals surface area contributed by atoms with Gasteiger partial charge in [-0.1, -0.05) is 55.5 Å². The molecule has 1 fully saturated rings. The summed E-state index contributed by atoms with van der Waals surface area (Å²) < 4.78 is 0. The van der Waals surface area contributed by atoms with E-state index in [0.717, 1.165) is 24.1 Å². The molecule has 6 nitrogen and oxygen atoms in total. The molecule has 2 amide bonds. The summed E-state index contributed by atoms with van der Waals surface area (Å²) in [5, 5.41) is 15.2. The fourth-order valence-electron chi connectivity index (χ4n) is 3.82. The zero-order valence-corrected chi connectivity index (χ0v) is 15.6. The fourth-order valence-corrected chi connectivity index (χ4v) is 3.82. The molecule has 1 unspecified atom stereocenters. The van der Waals surface area contributed by atoms with Gasteiger partial charge in [-0.2, -0.15) is 0 Å². The van der Waals surface area contributed by atoms with Crippen molar-refractivity contribution >= 4 is 17.4 Å². The van der Waals surface area contributed by atoms with Crippen LogP contribution in [0.5, 0.6) is 0 Å². The molecular weight excluding hydrogens is 342 g/mol. The van der Waals surface area contributed by atoms with Crippen molar-refractivity contribution in [3.8, 4) is 0 Å². The van der Waals surface area contributed by atoms with Crippen molar-refractivity contribution in [3.63, 3.8) is 0 Å². The molecular formula is C21H27N3O3. The summed E-state index contributed by atoms with van der Waals surface area (Å²) >= 11 is 0. The Bertz CT molecular complexity index is 751. The van der Waals surface area contributed by atoms with Crippen LogP contribution < -0.4 is 16.1 Å². The number of hydrogen-bond donors (Lipinski definition) is 4. The van der Waals surface area contributed by atoms with Crippen molar-refractivity contribution < 1.29 is 14.8 Å². The average Bonchev–Trinajstić information content (AvgIpc) is 2.74. The highest BCUT2D eigenvalue weighted by molar-refractivity contribution is 5.95. The predicted molar refractivity (Wildman–Crippen MR) is 104 cm³/mol. The Morgan fingerprint density at radius 3 is 2.56 bits per heavy atom. The molecule has 2 aliphatic rings. The van der Waals surface area contributed by atoms with Crippen LogP contribution in [0.4, 0.5) is 0 Å². The van der Waals surface area contributed by atoms with Crippen LogP contribution in [-0.4, -0.2) is 35.7 Å². The molecule has 1 heterocycles. The summed E-state index contributed by atoms with van der Waals surface area (Å²) in [6.07, 6.45) is 8.45. The third kappa shape index (κ3) is 3.82. The van der Waals surface area contributed by atoms with Crippen LogP contribution in [0.1, 0.15) is 38.2 Å². The second kappa shape index (κ2) is 8.06. The van der Waals surface area contributed by atoms with Gasteiger partial charge < -0.3 is 10.6 Å². The first-order valence-electron chi connectivity index (χ1n) is 9.48. The Balaban J connectivity index is 1.79. The number of allylic oxidation sites excluding steroid dienone is 3. The van der Waals surface area contributed by atoms with Crippen LogP contribution in [0.3, 0.4) is 0 Å². The van der Waals surface area contributed by atoms with Gasteiger partial charge in [-0.3, -0.25) is 14.8 Å². The van der Waals surface area contributed by atoms with Crippen LogP contribution in [0.25, 0.3) is 5.57 Å². The predicted octanol–water partition coefficient (Wildman–Crippen LogP) is 2.17. The Kier molecular flexibility index (Phi) is 5.77. The van der Waals surface area contributed by atoms with Gasteiger partial charge in [0.15, 0.2) is 0 Å². The number of hydroxylamine groups is 1. The van der Waals surface area contributed by atoms with E-state index < -0.39 is 16.9 Å². The van der Waals surface area contributed by atoms with Crippen molar-refractivity contribution in [2.24, 2.45) is 5.41 Å². The van der Waals surface area contributed by atoms with Crippen molar-refractivity contribution in [2.75, 3.05) is 13.1 Å². The molecule has 0 spiro atoms. The van der Waals surface area contributed by atoms with E-state index in [0.29, 0.717) is 25.8 Å². The smallest absolute Gasteiger partial charge is 0.270 e. The number of benzene rings is 1. The van der Waals surface area contributed by atoms with Gasteiger partial charge in [0.05, 0.1) is 5.41 Å². The average molecular weight is 369 g/mol. The highest BCUT2D eigenvalue weighted by Crippen LogP contribution is 2.37. The van der Waals surface area contributed by atoms with Crippen LogP contribution in [-0.2, 0) is 9.59 Å². The van der Waals surface area contributed by atoms with Gasteiger partial charge in [-0.05, 0) is 43.4 Å². The summed E-state index contributed by atoms with van der Waals surface area (Å²) in [5.41, 5.74) is 2.11. The van der Waals surface area contributed by atoms with E-state index >= 15 is 0 Å². The van der Waals surface area contributed by atoms with Crippen molar-refractivity contribution in [3.05, 3.63) is 54.1 Å². The van der Waals surface area contributed by atoms with Gasteiger partial charge in [0, 0.05) is 6.54 Å². The molecule has 144 valence electrons. The van der Waals surface area contributed by atoms with Gasteiger partial charge in [0.1, 0.15) is 5.54 Å². The van der Waals surface area contributed by atoms with Gasteiger partial charge >= 0.3 is 0 Å². The Labute approximate surface area is 159 Å². The second-order valence-corrected chi connectivity index (χ2v) is 7.33. The zero-order valence-electron chi connectivity index (χ0n) is 15.6. The monoisotopic (exact) mass is 369 g/mol. The SMILES string of the molecule is CCC1(C(=O)N[C@]2(C(=O)NO)CCCNC2)C=CC(c2ccccc2)=CC1. The van der Waals surface area contributed by atoms with Crippen LogP contribution >= 0.6 is 0 Å². The third-order valence-electron chi connectivity index (χ3n) is 5.73. The highest BCUT2D eigenvalue weighted by atomic mass is 16.5. The number of nitrogens with one attached hydrogen (secondary N) is 3. The molecule has 2 atom stereocenters. The molecule has 1 saturated heterocycles. The van der Waals surface area contributed by atoms with Gasteiger partial charge in [0.2, 0.25) is 5.91 Å². The fraction of sp³-hybridized carbons (Fsp3) is 0.429. The van der Waals surface area contributed by atoms with Gasteiger partial charge in [-0.25, -0.2) is 5.48 Å². The number of hydrogen-bond acceptors (Lipinski definition) is 4. The summed E-state index contributed by atoms with van der Waals surface area (Å²) in [6, 6.07) is 10.1. The van der Waals surface area contributed by atoms with Crippen molar-refractivity contribution in [2.45, 2.75) is 38.1 Å². The third-order valence-corrected chi connectivity index (χ3v) is 5.73. The number of piperidine rings is 1. The molecule has 0 bridgehead atoms. The maximum atomic E-state index is 13.2. The first-order chi connectivity index (χ1) is 13.1.